The van der Waals surface area contributed by atoms with Gasteiger partial charge < -0.3 is 4.55 Å². The van der Waals surface area contributed by atoms with E-state index in [1.165, 1.54) is 0 Å². The molecule has 1 rings (SSSR count). The first-order valence-electron chi connectivity index (χ1n) is 3.30. The van der Waals surface area contributed by atoms with Gasteiger partial charge in [0.2, 0.25) is 11.4 Å². The molecule has 81 valence electrons. The van der Waals surface area contributed by atoms with Gasteiger partial charge >= 0.3 is 5.51 Å². The van der Waals surface area contributed by atoms with Crippen LogP contribution in [0.5, 0.6) is 0 Å². The molecule has 0 saturated carbocycles. The molecular weight excluding hydrogens is 228 g/mol. The van der Waals surface area contributed by atoms with Crippen LogP contribution in [0.4, 0.5) is 17.6 Å². The van der Waals surface area contributed by atoms with Gasteiger partial charge in [-0.05, 0) is 0 Å². The summed E-state index contributed by atoms with van der Waals surface area (Å²) < 4.78 is 58.0. The van der Waals surface area contributed by atoms with Gasteiger partial charge in [-0.1, -0.05) is 9.95 Å². The van der Waals surface area contributed by atoms with Crippen LogP contribution in [0.1, 0.15) is 0 Å². The summed E-state index contributed by atoms with van der Waals surface area (Å²) in [5, 5.41) is 3.96. The van der Waals surface area contributed by atoms with Crippen LogP contribution in [-0.4, -0.2) is 39.2 Å². The van der Waals surface area contributed by atoms with Crippen molar-refractivity contribution in [1.82, 2.24) is 15.1 Å². The molecule has 0 saturated heterocycles. The van der Waals surface area contributed by atoms with E-state index in [1.54, 1.807) is 6.34 Å². The highest BCUT2D eigenvalue weighted by Crippen LogP contribution is 2.25. The Hall–Kier alpha value is -0.740. The number of hydrogen-bond donors (Lipinski definition) is 1. The molecule has 1 heterocycles. The summed E-state index contributed by atoms with van der Waals surface area (Å²) in [6, 6.07) is 0. The van der Waals surface area contributed by atoms with Gasteiger partial charge in [-0.3, -0.25) is 0 Å². The number of hydrogen-bond acceptors (Lipinski definition) is 5. The van der Waals surface area contributed by atoms with Gasteiger partial charge in [-0.15, -0.1) is 18.3 Å². The summed E-state index contributed by atoms with van der Waals surface area (Å²) in [4.78, 5) is 0. The number of hydrazine groups is 2. The van der Waals surface area contributed by atoms with Gasteiger partial charge in [0.15, 0.2) is 0 Å². The molecule has 0 spiro atoms. The standard InChI is InChI=1S/C4H5F4N4OS/c5-1-2-11-9-3-12(10-11)14(13)4(6,7)8/h10H,1-2H2. The molecule has 0 aromatic carbocycles. The second-order valence-electron chi connectivity index (χ2n) is 2.10. The van der Waals surface area contributed by atoms with E-state index in [-0.39, 0.29) is 11.0 Å². The van der Waals surface area contributed by atoms with E-state index in [4.69, 9.17) is 0 Å². The fourth-order valence-electron chi connectivity index (χ4n) is 0.602. The van der Waals surface area contributed by atoms with Crippen molar-refractivity contribution in [2.24, 2.45) is 5.10 Å². The summed E-state index contributed by atoms with van der Waals surface area (Å²) in [5.74, 6) is 0. The number of alkyl halides is 4. The molecule has 1 radical (unpaired) electrons. The minimum absolute atomic E-state index is 0.121. The third-order valence-electron chi connectivity index (χ3n) is 1.12. The molecule has 1 unspecified atom stereocenters. The largest absolute Gasteiger partial charge is 0.600 e. The number of halogens is 4. The Morgan fingerprint density at radius 3 is 2.64 bits per heavy atom. The van der Waals surface area contributed by atoms with Gasteiger partial charge in [0.05, 0.1) is 6.54 Å². The van der Waals surface area contributed by atoms with Crippen molar-refractivity contribution in [2.75, 3.05) is 13.2 Å². The molecule has 1 aliphatic rings. The number of nitrogens with zero attached hydrogens (tertiary/aromatic N) is 3. The Balaban J connectivity index is 2.47. The Morgan fingerprint density at radius 1 is 1.50 bits per heavy atom. The van der Waals surface area contributed by atoms with Crippen LogP contribution >= 0.6 is 0 Å². The lowest BCUT2D eigenvalue weighted by molar-refractivity contribution is -0.0495. The SMILES string of the molecule is [O-][S+](N1[C]=NN(CCF)N1)C(F)(F)F. The third kappa shape index (κ3) is 2.62. The van der Waals surface area contributed by atoms with E-state index in [0.717, 1.165) is 5.12 Å². The zero-order valence-corrected chi connectivity index (χ0v) is 7.40. The van der Waals surface area contributed by atoms with Crippen molar-refractivity contribution in [3.05, 3.63) is 0 Å². The van der Waals surface area contributed by atoms with Crippen molar-refractivity contribution in [1.29, 1.82) is 0 Å². The monoisotopic (exact) mass is 233 g/mol. The molecule has 1 atom stereocenters. The molecule has 0 fully saturated rings. The summed E-state index contributed by atoms with van der Waals surface area (Å²) in [6.45, 7) is -1.05. The van der Waals surface area contributed by atoms with Gasteiger partial charge in [-0.25, -0.2) is 9.51 Å². The first kappa shape index (κ1) is 11.3. The normalized spacial score (nSPS) is 19.2. The summed E-state index contributed by atoms with van der Waals surface area (Å²) in [5.41, 5.74) is -2.97. The molecule has 0 amide bonds. The Morgan fingerprint density at radius 2 is 2.14 bits per heavy atom. The van der Waals surface area contributed by atoms with E-state index in [9.17, 15) is 22.1 Å². The van der Waals surface area contributed by atoms with Gasteiger partial charge in [0.25, 0.3) is 6.34 Å². The average molecular weight is 233 g/mol. The molecule has 10 heteroatoms. The highest BCUT2D eigenvalue weighted by atomic mass is 32.2. The summed E-state index contributed by atoms with van der Waals surface area (Å²) in [6.07, 6.45) is 1.78. The Labute approximate surface area is 79.6 Å². The van der Waals surface area contributed by atoms with Crippen LogP contribution in [0.25, 0.3) is 0 Å². The van der Waals surface area contributed by atoms with Gasteiger partial charge in [-0.2, -0.15) is 0 Å². The number of hydrazone groups is 1. The first-order chi connectivity index (χ1) is 6.45. The Bertz CT molecular complexity index is 224. The number of nitrogens with one attached hydrogen (secondary N) is 1. The number of rotatable bonds is 3. The first-order valence-corrected chi connectivity index (χ1v) is 4.40. The van der Waals surface area contributed by atoms with Gasteiger partial charge in [0, 0.05) is 0 Å². The molecule has 5 nitrogen and oxygen atoms in total. The van der Waals surface area contributed by atoms with Crippen molar-refractivity contribution in [3.63, 3.8) is 0 Å². The molecule has 1 aliphatic heterocycles. The quantitative estimate of drug-likeness (QED) is 0.550. The lowest BCUT2D eigenvalue weighted by Gasteiger charge is -2.20. The van der Waals surface area contributed by atoms with E-state index >= 15 is 0 Å². The Kier molecular flexibility index (Phi) is 3.39. The topological polar surface area (TPSA) is 53.9 Å². The van der Waals surface area contributed by atoms with Crippen LogP contribution in [0.3, 0.4) is 0 Å². The minimum Gasteiger partial charge on any atom is -0.584 e. The van der Waals surface area contributed by atoms with Crippen molar-refractivity contribution in [3.8, 4) is 0 Å². The molecule has 1 N–H and O–H groups in total. The maximum atomic E-state index is 11.9. The highest BCUT2D eigenvalue weighted by Gasteiger charge is 2.51. The molecule has 0 aromatic rings. The summed E-state index contributed by atoms with van der Waals surface area (Å²) >= 11 is -3.28. The summed E-state index contributed by atoms with van der Waals surface area (Å²) in [7, 11) is 0. The molecule has 14 heavy (non-hydrogen) atoms. The maximum absolute atomic E-state index is 11.9. The predicted molar refractivity (Wildman–Crippen MR) is 39.3 cm³/mol. The van der Waals surface area contributed by atoms with Crippen LogP contribution in [0.15, 0.2) is 5.10 Å². The van der Waals surface area contributed by atoms with Crippen molar-refractivity contribution < 1.29 is 22.1 Å². The van der Waals surface area contributed by atoms with Crippen molar-refractivity contribution in [2.45, 2.75) is 5.51 Å². The second-order valence-corrected chi connectivity index (χ2v) is 3.43. The van der Waals surface area contributed by atoms with Crippen molar-refractivity contribution >= 4 is 17.7 Å². The lowest BCUT2D eigenvalue weighted by atomic mass is 10.7. The van der Waals surface area contributed by atoms with Crippen LogP contribution in [-0.2, 0) is 11.4 Å². The smallest absolute Gasteiger partial charge is 0.584 e. The van der Waals surface area contributed by atoms with Crippen LogP contribution in [0, 0.1) is 0 Å². The maximum Gasteiger partial charge on any atom is 0.600 e. The van der Waals surface area contributed by atoms with Gasteiger partial charge in [0.1, 0.15) is 6.67 Å². The van der Waals surface area contributed by atoms with E-state index in [1.807, 2.05) is 5.53 Å². The fourth-order valence-corrected chi connectivity index (χ4v) is 1.09. The van der Waals surface area contributed by atoms with Crippen LogP contribution < -0.4 is 5.53 Å². The van der Waals surface area contributed by atoms with E-state index in [0.29, 0.717) is 0 Å². The second kappa shape index (κ2) is 4.19. The van der Waals surface area contributed by atoms with E-state index in [2.05, 4.69) is 5.10 Å². The molecule has 0 aliphatic carbocycles. The third-order valence-corrected chi connectivity index (χ3v) is 2.01. The fraction of sp³-hybridized carbons (Fsp3) is 0.750. The highest BCUT2D eigenvalue weighted by molar-refractivity contribution is 7.90. The van der Waals surface area contributed by atoms with E-state index < -0.39 is 23.5 Å². The van der Waals surface area contributed by atoms with Crippen LogP contribution in [0.2, 0.25) is 0 Å². The molecule has 0 bridgehead atoms. The molecule has 0 aromatic heterocycles. The predicted octanol–water partition coefficient (Wildman–Crippen LogP) is -0.00310. The zero-order chi connectivity index (χ0) is 10.8. The molecular formula is C4H5F4N4OS. The zero-order valence-electron chi connectivity index (χ0n) is 6.58. The average Bonchev–Trinajstić information content (AvgIpc) is 2.50. The minimum atomic E-state index is -4.90. The lowest BCUT2D eigenvalue weighted by Crippen LogP contribution is -2.49.